The number of likely N-dealkylation sites (N-methyl/N-ethyl adjacent to an activating group) is 1. The van der Waals surface area contributed by atoms with E-state index in [0.717, 1.165) is 31.8 Å². The minimum Gasteiger partial charge on any atom is -0.483 e. The van der Waals surface area contributed by atoms with Crippen molar-refractivity contribution in [2.75, 3.05) is 32.0 Å². The van der Waals surface area contributed by atoms with Crippen LogP contribution in [0.3, 0.4) is 0 Å². The Kier molecular flexibility index (Phi) is 2.11. The number of fused-ring (bicyclic) bond motifs is 1. The molecule has 3 heteroatoms. The minimum atomic E-state index is -0.00581. The molecule has 0 atom stereocenters. The lowest BCUT2D eigenvalue weighted by Crippen LogP contribution is -2.61. The number of benzene rings is 1. The zero-order valence-corrected chi connectivity index (χ0v) is 9.92. The van der Waals surface area contributed by atoms with Gasteiger partial charge in [0.25, 0.3) is 0 Å². The summed E-state index contributed by atoms with van der Waals surface area (Å²) in [6, 6.07) is 6.34. The fourth-order valence-electron chi connectivity index (χ4n) is 2.82. The maximum Gasteiger partial charge on any atom is 0.143 e. The van der Waals surface area contributed by atoms with E-state index in [9.17, 15) is 0 Å². The highest BCUT2D eigenvalue weighted by Crippen LogP contribution is 2.36. The van der Waals surface area contributed by atoms with Crippen molar-refractivity contribution in [1.29, 1.82) is 0 Å². The molecule has 0 amide bonds. The molecule has 0 saturated carbocycles. The summed E-state index contributed by atoms with van der Waals surface area (Å²) in [6.45, 7) is 5.24. The van der Waals surface area contributed by atoms with Crippen LogP contribution in [0.15, 0.2) is 18.2 Å². The molecule has 0 bridgehead atoms. The van der Waals surface area contributed by atoms with Crippen LogP contribution in [-0.2, 0) is 6.42 Å². The first-order valence-electron chi connectivity index (χ1n) is 5.90. The van der Waals surface area contributed by atoms with Gasteiger partial charge in [-0.15, -0.1) is 0 Å². The Bertz CT molecular complexity index is 410. The fourth-order valence-corrected chi connectivity index (χ4v) is 2.82. The van der Waals surface area contributed by atoms with Gasteiger partial charge in [-0.3, -0.25) is 4.90 Å². The summed E-state index contributed by atoms with van der Waals surface area (Å²) in [5.74, 6) is 1.02. The Morgan fingerprint density at radius 3 is 2.94 bits per heavy atom. The van der Waals surface area contributed by atoms with Crippen molar-refractivity contribution < 1.29 is 4.74 Å². The lowest BCUT2D eigenvalue weighted by Gasteiger charge is -2.45. The summed E-state index contributed by atoms with van der Waals surface area (Å²) in [6.07, 6.45) is 1.11. The van der Waals surface area contributed by atoms with E-state index in [1.807, 2.05) is 0 Å². The molecule has 2 aliphatic heterocycles. The fraction of sp³-hybridized carbons (Fsp3) is 0.538. The van der Waals surface area contributed by atoms with Crippen molar-refractivity contribution in [2.45, 2.75) is 18.9 Å². The summed E-state index contributed by atoms with van der Waals surface area (Å²) in [5, 5.41) is 3.41. The number of likely N-dealkylation sites (tertiary alicyclic amines) is 1. The van der Waals surface area contributed by atoms with E-state index in [4.69, 9.17) is 4.74 Å². The van der Waals surface area contributed by atoms with Gasteiger partial charge in [-0.1, -0.05) is 12.1 Å². The smallest absolute Gasteiger partial charge is 0.143 e. The second-order valence-electron chi connectivity index (χ2n) is 5.19. The summed E-state index contributed by atoms with van der Waals surface area (Å²) < 4.78 is 6.15. The van der Waals surface area contributed by atoms with Crippen molar-refractivity contribution in [3.05, 3.63) is 23.8 Å². The van der Waals surface area contributed by atoms with Crippen molar-refractivity contribution >= 4 is 5.69 Å². The van der Waals surface area contributed by atoms with E-state index in [1.165, 1.54) is 11.3 Å². The molecule has 3 rings (SSSR count). The Balaban J connectivity index is 1.83. The van der Waals surface area contributed by atoms with Gasteiger partial charge in [0.1, 0.15) is 11.4 Å². The highest BCUT2D eigenvalue weighted by atomic mass is 16.5. The number of para-hydroxylation sites is 1. The number of anilines is 1. The minimum absolute atomic E-state index is 0.00581. The number of nitrogens with one attached hydrogen (secondary N) is 1. The third-order valence-electron chi connectivity index (χ3n) is 3.37. The molecule has 0 unspecified atom stereocenters. The molecule has 2 aliphatic rings. The third-order valence-corrected chi connectivity index (χ3v) is 3.37. The van der Waals surface area contributed by atoms with Crippen LogP contribution in [0.1, 0.15) is 12.5 Å². The van der Waals surface area contributed by atoms with E-state index < -0.39 is 0 Å². The Morgan fingerprint density at radius 1 is 1.38 bits per heavy atom. The largest absolute Gasteiger partial charge is 0.483 e. The highest BCUT2D eigenvalue weighted by molar-refractivity contribution is 5.65. The summed E-state index contributed by atoms with van der Waals surface area (Å²) in [7, 11) is 2.12. The highest BCUT2D eigenvalue weighted by Gasteiger charge is 2.39. The number of ether oxygens (including phenoxy) is 1. The number of rotatable bonds is 2. The molecule has 1 aromatic rings. The van der Waals surface area contributed by atoms with Crippen molar-refractivity contribution in [1.82, 2.24) is 4.90 Å². The SMILES string of the molecule is CN1CC(C)(Oc2cccc3c2NCC3)C1. The van der Waals surface area contributed by atoms with Crippen molar-refractivity contribution in [2.24, 2.45) is 0 Å². The predicted molar refractivity (Wildman–Crippen MR) is 65.2 cm³/mol. The maximum atomic E-state index is 6.15. The molecule has 1 N–H and O–H groups in total. The van der Waals surface area contributed by atoms with Gasteiger partial charge in [0.05, 0.1) is 5.69 Å². The van der Waals surface area contributed by atoms with Crippen LogP contribution in [0.4, 0.5) is 5.69 Å². The second kappa shape index (κ2) is 3.39. The van der Waals surface area contributed by atoms with E-state index in [1.54, 1.807) is 0 Å². The molecule has 2 heterocycles. The molecular weight excluding hydrogens is 200 g/mol. The average Bonchev–Trinajstić information content (AvgIpc) is 2.64. The van der Waals surface area contributed by atoms with Gasteiger partial charge in [0, 0.05) is 19.6 Å². The zero-order chi connectivity index (χ0) is 11.2. The van der Waals surface area contributed by atoms with Crippen LogP contribution in [0, 0.1) is 0 Å². The second-order valence-corrected chi connectivity index (χ2v) is 5.19. The molecule has 0 spiro atoms. The molecule has 3 nitrogen and oxygen atoms in total. The topological polar surface area (TPSA) is 24.5 Å². The summed E-state index contributed by atoms with van der Waals surface area (Å²) in [4.78, 5) is 2.27. The zero-order valence-electron chi connectivity index (χ0n) is 9.92. The average molecular weight is 218 g/mol. The first kappa shape index (κ1) is 9.97. The first-order chi connectivity index (χ1) is 7.66. The van der Waals surface area contributed by atoms with E-state index in [0.29, 0.717) is 0 Å². The van der Waals surface area contributed by atoms with Crippen LogP contribution in [-0.4, -0.2) is 37.2 Å². The predicted octanol–water partition coefficient (Wildman–Crippen LogP) is 1.74. The van der Waals surface area contributed by atoms with E-state index in [2.05, 4.69) is 42.4 Å². The summed E-state index contributed by atoms with van der Waals surface area (Å²) >= 11 is 0. The van der Waals surface area contributed by atoms with Crippen molar-refractivity contribution in [3.8, 4) is 5.75 Å². The maximum absolute atomic E-state index is 6.15. The lowest BCUT2D eigenvalue weighted by molar-refractivity contribution is -0.0491. The van der Waals surface area contributed by atoms with Crippen LogP contribution < -0.4 is 10.1 Å². The van der Waals surface area contributed by atoms with Gasteiger partial charge in [-0.05, 0) is 32.0 Å². The Hall–Kier alpha value is -1.22. The van der Waals surface area contributed by atoms with E-state index in [-0.39, 0.29) is 5.60 Å². The van der Waals surface area contributed by atoms with Gasteiger partial charge in [-0.2, -0.15) is 0 Å². The van der Waals surface area contributed by atoms with Gasteiger partial charge in [0.15, 0.2) is 0 Å². The molecule has 0 aliphatic carbocycles. The molecule has 86 valence electrons. The molecule has 1 aromatic carbocycles. The van der Waals surface area contributed by atoms with Gasteiger partial charge in [-0.25, -0.2) is 0 Å². The molecular formula is C13H18N2O. The van der Waals surface area contributed by atoms with Crippen LogP contribution in [0.2, 0.25) is 0 Å². The van der Waals surface area contributed by atoms with E-state index >= 15 is 0 Å². The molecule has 1 saturated heterocycles. The van der Waals surface area contributed by atoms with Crippen LogP contribution in [0.5, 0.6) is 5.75 Å². The lowest BCUT2D eigenvalue weighted by atomic mass is 9.97. The van der Waals surface area contributed by atoms with Gasteiger partial charge >= 0.3 is 0 Å². The van der Waals surface area contributed by atoms with Crippen LogP contribution >= 0.6 is 0 Å². The molecule has 1 fully saturated rings. The molecule has 0 radical (unpaired) electrons. The van der Waals surface area contributed by atoms with Gasteiger partial charge in [0.2, 0.25) is 0 Å². The quantitative estimate of drug-likeness (QED) is 0.818. The molecule has 16 heavy (non-hydrogen) atoms. The standard InChI is InChI=1S/C13H18N2O/c1-13(8-15(2)9-13)16-11-5-3-4-10-6-7-14-12(10)11/h3-5,14H,6-9H2,1-2H3. The number of hydrogen-bond acceptors (Lipinski definition) is 3. The van der Waals surface area contributed by atoms with Crippen LogP contribution in [0.25, 0.3) is 0 Å². The van der Waals surface area contributed by atoms with Gasteiger partial charge < -0.3 is 10.1 Å². The monoisotopic (exact) mass is 218 g/mol. The Labute approximate surface area is 96.4 Å². The Morgan fingerprint density at radius 2 is 2.19 bits per heavy atom. The third kappa shape index (κ3) is 1.55. The normalized spacial score (nSPS) is 22.1. The molecule has 0 aromatic heterocycles. The van der Waals surface area contributed by atoms with Crippen molar-refractivity contribution in [3.63, 3.8) is 0 Å². The number of hydrogen-bond donors (Lipinski definition) is 1. The number of nitrogens with zero attached hydrogens (tertiary/aromatic N) is 1. The summed E-state index contributed by atoms with van der Waals surface area (Å²) in [5.41, 5.74) is 2.58. The first-order valence-corrected chi connectivity index (χ1v) is 5.90.